The summed E-state index contributed by atoms with van der Waals surface area (Å²) in [4.78, 5) is 14.9. The molecule has 0 radical (unpaired) electrons. The van der Waals surface area contributed by atoms with Crippen LogP contribution >= 0.6 is 0 Å². The number of aromatic carboxylic acids is 1. The first-order valence-electron chi connectivity index (χ1n) is 5.55. The molecule has 1 heterocycles. The van der Waals surface area contributed by atoms with Crippen LogP contribution in [0.2, 0.25) is 0 Å². The summed E-state index contributed by atoms with van der Waals surface area (Å²) < 4.78 is 7.58. The number of nitrogens with zero attached hydrogens (tertiary/aromatic N) is 2. The normalized spacial score (nSPS) is 12.1. The summed E-state index contributed by atoms with van der Waals surface area (Å²) in [7, 11) is 1.90. The highest BCUT2D eigenvalue weighted by Crippen LogP contribution is 2.20. The van der Waals surface area contributed by atoms with E-state index in [1.807, 2.05) is 24.7 Å². The number of rotatable bonds is 4. The number of aromatic nitrogens is 2. The second-order valence-electron chi connectivity index (χ2n) is 3.99. The maximum absolute atomic E-state index is 10.7. The summed E-state index contributed by atoms with van der Waals surface area (Å²) in [6.07, 6.45) is 3.37. The molecule has 2 rings (SSSR count). The lowest BCUT2D eigenvalue weighted by Crippen LogP contribution is -2.09. The minimum Gasteiger partial charge on any atom is -0.483 e. The average molecular weight is 246 g/mol. The monoisotopic (exact) mass is 246 g/mol. The van der Waals surface area contributed by atoms with Crippen LogP contribution in [0, 0.1) is 0 Å². The van der Waals surface area contributed by atoms with E-state index in [9.17, 15) is 4.79 Å². The van der Waals surface area contributed by atoms with Crippen LogP contribution in [0.5, 0.6) is 5.75 Å². The molecule has 1 aromatic carbocycles. The van der Waals surface area contributed by atoms with E-state index in [-0.39, 0.29) is 11.7 Å². The Morgan fingerprint density at radius 3 is 2.56 bits per heavy atom. The Balaban J connectivity index is 2.10. The summed E-state index contributed by atoms with van der Waals surface area (Å²) in [5.74, 6) is 0.492. The van der Waals surface area contributed by atoms with Gasteiger partial charge in [-0.3, -0.25) is 0 Å². The first kappa shape index (κ1) is 12.2. The van der Waals surface area contributed by atoms with Gasteiger partial charge >= 0.3 is 5.97 Å². The molecule has 0 saturated heterocycles. The van der Waals surface area contributed by atoms with Crippen molar-refractivity contribution in [1.29, 1.82) is 0 Å². The number of benzene rings is 1. The molecule has 18 heavy (non-hydrogen) atoms. The molecule has 0 spiro atoms. The fourth-order valence-electron chi connectivity index (χ4n) is 1.70. The Labute approximate surface area is 105 Å². The predicted molar refractivity (Wildman–Crippen MR) is 65.7 cm³/mol. The topological polar surface area (TPSA) is 64.3 Å². The van der Waals surface area contributed by atoms with Crippen LogP contribution in [0.3, 0.4) is 0 Å². The highest BCUT2D eigenvalue weighted by Gasteiger charge is 2.12. The quantitative estimate of drug-likeness (QED) is 0.898. The van der Waals surface area contributed by atoms with Crippen LogP contribution in [0.1, 0.15) is 29.2 Å². The van der Waals surface area contributed by atoms with E-state index in [1.54, 1.807) is 18.3 Å². The van der Waals surface area contributed by atoms with Gasteiger partial charge in [0, 0.05) is 19.4 Å². The van der Waals surface area contributed by atoms with Crippen molar-refractivity contribution >= 4 is 5.97 Å². The molecule has 0 bridgehead atoms. The number of imidazole rings is 1. The van der Waals surface area contributed by atoms with E-state index in [4.69, 9.17) is 9.84 Å². The minimum atomic E-state index is -0.946. The van der Waals surface area contributed by atoms with Gasteiger partial charge in [0.15, 0.2) is 6.10 Å². The fraction of sp³-hybridized carbons (Fsp3) is 0.231. The van der Waals surface area contributed by atoms with E-state index >= 15 is 0 Å². The van der Waals surface area contributed by atoms with Gasteiger partial charge in [-0.2, -0.15) is 0 Å². The van der Waals surface area contributed by atoms with Crippen LogP contribution in [0.15, 0.2) is 36.7 Å². The molecule has 5 heteroatoms. The second-order valence-corrected chi connectivity index (χ2v) is 3.99. The van der Waals surface area contributed by atoms with Crippen molar-refractivity contribution in [2.45, 2.75) is 13.0 Å². The van der Waals surface area contributed by atoms with E-state index < -0.39 is 5.97 Å². The van der Waals surface area contributed by atoms with Gasteiger partial charge in [0.1, 0.15) is 11.6 Å². The van der Waals surface area contributed by atoms with Gasteiger partial charge in [0.05, 0.1) is 5.56 Å². The zero-order chi connectivity index (χ0) is 13.1. The Bertz CT molecular complexity index is 546. The lowest BCUT2D eigenvalue weighted by molar-refractivity contribution is 0.0697. The number of hydrogen-bond donors (Lipinski definition) is 1. The Hall–Kier alpha value is -2.30. The highest BCUT2D eigenvalue weighted by molar-refractivity contribution is 5.87. The molecule has 1 unspecified atom stereocenters. The molecule has 2 aromatic rings. The largest absolute Gasteiger partial charge is 0.483 e. The van der Waals surface area contributed by atoms with Crippen molar-refractivity contribution in [3.05, 3.63) is 48.0 Å². The SMILES string of the molecule is CC(Oc1ccc(C(=O)O)cc1)c1nccn1C. The second kappa shape index (κ2) is 4.91. The van der Waals surface area contributed by atoms with E-state index in [0.717, 1.165) is 5.82 Å². The third-order valence-corrected chi connectivity index (χ3v) is 2.64. The average Bonchev–Trinajstić information content (AvgIpc) is 2.76. The van der Waals surface area contributed by atoms with Crippen molar-refractivity contribution in [1.82, 2.24) is 9.55 Å². The van der Waals surface area contributed by atoms with Gasteiger partial charge < -0.3 is 14.4 Å². The number of hydrogen-bond acceptors (Lipinski definition) is 3. The van der Waals surface area contributed by atoms with Gasteiger partial charge in [0.25, 0.3) is 0 Å². The lowest BCUT2D eigenvalue weighted by atomic mass is 10.2. The van der Waals surface area contributed by atoms with Crippen LogP contribution < -0.4 is 4.74 Å². The first-order chi connectivity index (χ1) is 8.58. The third kappa shape index (κ3) is 2.51. The fourth-order valence-corrected chi connectivity index (χ4v) is 1.70. The molecular formula is C13H14N2O3. The summed E-state index contributed by atoms with van der Waals surface area (Å²) in [6, 6.07) is 6.32. The number of carboxylic acid groups (broad SMARTS) is 1. The molecule has 1 aromatic heterocycles. The molecule has 0 aliphatic heterocycles. The van der Waals surface area contributed by atoms with Gasteiger partial charge in [-0.25, -0.2) is 9.78 Å². The van der Waals surface area contributed by atoms with Gasteiger partial charge in [-0.05, 0) is 31.2 Å². The minimum absolute atomic E-state index is 0.194. The lowest BCUT2D eigenvalue weighted by Gasteiger charge is -2.14. The van der Waals surface area contributed by atoms with Gasteiger partial charge in [-0.1, -0.05) is 0 Å². The molecule has 5 nitrogen and oxygen atoms in total. The Kier molecular flexibility index (Phi) is 3.32. The molecule has 1 N–H and O–H groups in total. The van der Waals surface area contributed by atoms with Crippen molar-refractivity contribution in [2.75, 3.05) is 0 Å². The molecule has 1 atom stereocenters. The summed E-state index contributed by atoms with van der Waals surface area (Å²) in [6.45, 7) is 1.90. The van der Waals surface area contributed by atoms with Crippen LogP contribution in [-0.2, 0) is 7.05 Å². The van der Waals surface area contributed by atoms with Crippen molar-refractivity contribution in [2.24, 2.45) is 7.05 Å². The third-order valence-electron chi connectivity index (χ3n) is 2.64. The standard InChI is InChI=1S/C13H14N2O3/c1-9(12-14-7-8-15(12)2)18-11-5-3-10(4-6-11)13(16)17/h3-9H,1-2H3,(H,16,17). The van der Waals surface area contributed by atoms with Gasteiger partial charge in [0.2, 0.25) is 0 Å². The van der Waals surface area contributed by atoms with Crippen molar-refractivity contribution in [3.8, 4) is 5.75 Å². The molecular weight excluding hydrogens is 232 g/mol. The molecule has 0 amide bonds. The van der Waals surface area contributed by atoms with Crippen molar-refractivity contribution in [3.63, 3.8) is 0 Å². The zero-order valence-corrected chi connectivity index (χ0v) is 10.2. The molecule has 0 saturated carbocycles. The predicted octanol–water partition coefficient (Wildman–Crippen LogP) is 2.26. The van der Waals surface area contributed by atoms with E-state index in [1.165, 1.54) is 12.1 Å². The summed E-state index contributed by atoms with van der Waals surface area (Å²) >= 11 is 0. The van der Waals surface area contributed by atoms with Crippen molar-refractivity contribution < 1.29 is 14.6 Å². The van der Waals surface area contributed by atoms with E-state index in [0.29, 0.717) is 5.75 Å². The maximum Gasteiger partial charge on any atom is 0.335 e. The summed E-state index contributed by atoms with van der Waals surface area (Å²) in [5.41, 5.74) is 0.243. The highest BCUT2D eigenvalue weighted by atomic mass is 16.5. The number of ether oxygens (including phenoxy) is 1. The van der Waals surface area contributed by atoms with Crippen LogP contribution in [-0.4, -0.2) is 20.6 Å². The van der Waals surface area contributed by atoms with E-state index in [2.05, 4.69) is 4.98 Å². The maximum atomic E-state index is 10.7. The zero-order valence-electron chi connectivity index (χ0n) is 10.2. The number of aryl methyl sites for hydroxylation is 1. The van der Waals surface area contributed by atoms with Crippen LogP contribution in [0.25, 0.3) is 0 Å². The number of carboxylic acids is 1. The molecule has 94 valence electrons. The Morgan fingerprint density at radius 2 is 2.06 bits per heavy atom. The smallest absolute Gasteiger partial charge is 0.335 e. The molecule has 0 aliphatic rings. The Morgan fingerprint density at radius 1 is 1.39 bits per heavy atom. The molecule has 0 fully saturated rings. The van der Waals surface area contributed by atoms with Gasteiger partial charge in [-0.15, -0.1) is 0 Å². The molecule has 0 aliphatic carbocycles. The summed E-state index contributed by atoms with van der Waals surface area (Å²) in [5, 5.41) is 8.79. The first-order valence-corrected chi connectivity index (χ1v) is 5.55. The van der Waals surface area contributed by atoms with Crippen LogP contribution in [0.4, 0.5) is 0 Å². The number of carbonyl (C=O) groups is 1.